The summed E-state index contributed by atoms with van der Waals surface area (Å²) in [6.07, 6.45) is 10.1. The van der Waals surface area contributed by atoms with Crippen LogP contribution in [0.5, 0.6) is 0 Å². The van der Waals surface area contributed by atoms with Crippen LogP contribution in [-0.2, 0) is 13.5 Å². The van der Waals surface area contributed by atoms with Crippen LogP contribution in [0.1, 0.15) is 38.4 Å². The van der Waals surface area contributed by atoms with Gasteiger partial charge in [-0.25, -0.2) is 4.98 Å². The van der Waals surface area contributed by atoms with Crippen molar-refractivity contribution in [3.63, 3.8) is 0 Å². The number of imidazole rings is 1. The Kier molecular flexibility index (Phi) is 4.86. The van der Waals surface area contributed by atoms with E-state index in [1.165, 1.54) is 31.5 Å². The van der Waals surface area contributed by atoms with E-state index in [-0.39, 0.29) is 5.54 Å². The third-order valence-corrected chi connectivity index (χ3v) is 5.34. The zero-order chi connectivity index (χ0) is 14.8. The van der Waals surface area contributed by atoms with E-state index in [4.69, 9.17) is 0 Å². The maximum absolute atomic E-state index is 4.51. The van der Waals surface area contributed by atoms with Gasteiger partial charge in [0.2, 0.25) is 0 Å². The molecule has 0 spiro atoms. The molecule has 1 atom stereocenters. The topological polar surface area (TPSA) is 33.1 Å². The summed E-state index contributed by atoms with van der Waals surface area (Å²) in [5.74, 6) is 2.04. The number of rotatable bonds is 5. The molecule has 114 valence electrons. The molecule has 0 aromatic carbocycles. The fraction of sp³-hybridized carbons (Fsp3) is 0.812. The van der Waals surface area contributed by atoms with Crippen LogP contribution in [0.4, 0.5) is 0 Å². The number of nitrogens with one attached hydrogen (secondary N) is 1. The van der Waals surface area contributed by atoms with Gasteiger partial charge in [-0.3, -0.25) is 0 Å². The lowest BCUT2D eigenvalue weighted by Crippen LogP contribution is -2.60. The Morgan fingerprint density at radius 2 is 2.10 bits per heavy atom. The smallest absolute Gasteiger partial charge is 0.109 e. The quantitative estimate of drug-likeness (QED) is 0.895. The summed E-state index contributed by atoms with van der Waals surface area (Å²) < 4.78 is 2.14. The SMILES string of the molecule is CNC(Cc1nccn1C)C1(N(C)C)CCC(C)CC1. The Hall–Kier alpha value is -0.870. The highest BCUT2D eigenvalue weighted by molar-refractivity contribution is 5.06. The number of hydrogen-bond acceptors (Lipinski definition) is 3. The summed E-state index contributed by atoms with van der Waals surface area (Å²) in [7, 11) is 8.65. The van der Waals surface area contributed by atoms with Crippen LogP contribution in [0.3, 0.4) is 0 Å². The normalized spacial score (nSPS) is 28.8. The number of aromatic nitrogens is 2. The van der Waals surface area contributed by atoms with Crippen molar-refractivity contribution >= 4 is 0 Å². The van der Waals surface area contributed by atoms with Gasteiger partial charge in [0.1, 0.15) is 5.82 Å². The molecule has 20 heavy (non-hydrogen) atoms. The van der Waals surface area contributed by atoms with Gasteiger partial charge in [0.05, 0.1) is 0 Å². The Morgan fingerprint density at radius 3 is 2.55 bits per heavy atom. The van der Waals surface area contributed by atoms with Crippen LogP contribution < -0.4 is 5.32 Å². The van der Waals surface area contributed by atoms with E-state index >= 15 is 0 Å². The molecule has 1 heterocycles. The maximum Gasteiger partial charge on any atom is 0.109 e. The van der Waals surface area contributed by atoms with E-state index in [9.17, 15) is 0 Å². The molecular formula is C16H30N4. The first-order valence-electron chi connectivity index (χ1n) is 7.80. The van der Waals surface area contributed by atoms with Crippen molar-refractivity contribution in [3.05, 3.63) is 18.2 Å². The molecule has 0 radical (unpaired) electrons. The molecule has 1 aromatic heterocycles. The van der Waals surface area contributed by atoms with Gasteiger partial charge in [0, 0.05) is 37.4 Å². The molecule has 4 heteroatoms. The molecule has 0 aliphatic heterocycles. The minimum absolute atomic E-state index is 0.257. The number of nitrogens with zero attached hydrogens (tertiary/aromatic N) is 3. The molecule has 0 saturated heterocycles. The molecule has 2 rings (SSSR count). The number of hydrogen-bond donors (Lipinski definition) is 1. The van der Waals surface area contributed by atoms with Gasteiger partial charge < -0.3 is 14.8 Å². The Morgan fingerprint density at radius 1 is 1.45 bits per heavy atom. The van der Waals surface area contributed by atoms with Gasteiger partial charge >= 0.3 is 0 Å². The first kappa shape index (κ1) is 15.5. The first-order chi connectivity index (χ1) is 9.49. The lowest BCUT2D eigenvalue weighted by atomic mass is 9.71. The second-order valence-corrected chi connectivity index (χ2v) is 6.68. The van der Waals surface area contributed by atoms with Crippen molar-refractivity contribution in [2.45, 2.75) is 50.6 Å². The largest absolute Gasteiger partial charge is 0.338 e. The third kappa shape index (κ3) is 2.91. The fourth-order valence-electron chi connectivity index (χ4n) is 3.71. The molecule has 1 fully saturated rings. The lowest BCUT2D eigenvalue weighted by molar-refractivity contribution is 0.0452. The summed E-state index contributed by atoms with van der Waals surface area (Å²) in [6, 6.07) is 0.450. The molecule has 1 N–H and O–H groups in total. The van der Waals surface area contributed by atoms with E-state index in [2.05, 4.69) is 54.9 Å². The molecule has 0 bridgehead atoms. The molecule has 1 aliphatic rings. The van der Waals surface area contributed by atoms with Crippen molar-refractivity contribution in [1.29, 1.82) is 0 Å². The molecule has 1 aromatic rings. The highest BCUT2D eigenvalue weighted by Crippen LogP contribution is 2.38. The predicted molar refractivity (Wildman–Crippen MR) is 83.8 cm³/mol. The average molecular weight is 278 g/mol. The second-order valence-electron chi connectivity index (χ2n) is 6.68. The summed E-state index contributed by atoms with van der Waals surface area (Å²) in [4.78, 5) is 6.96. The molecule has 4 nitrogen and oxygen atoms in total. The monoisotopic (exact) mass is 278 g/mol. The van der Waals surface area contributed by atoms with Crippen LogP contribution in [0, 0.1) is 5.92 Å². The maximum atomic E-state index is 4.51. The van der Waals surface area contributed by atoms with Gasteiger partial charge in [-0.1, -0.05) is 6.92 Å². The molecule has 0 amide bonds. The lowest BCUT2D eigenvalue weighted by Gasteiger charge is -2.49. The van der Waals surface area contributed by atoms with Crippen LogP contribution in [0.2, 0.25) is 0 Å². The van der Waals surface area contributed by atoms with Gasteiger partial charge in [-0.15, -0.1) is 0 Å². The van der Waals surface area contributed by atoms with Crippen molar-refractivity contribution in [3.8, 4) is 0 Å². The van der Waals surface area contributed by atoms with E-state index in [1.807, 2.05) is 12.4 Å². The van der Waals surface area contributed by atoms with Gasteiger partial charge in [-0.05, 0) is 52.7 Å². The summed E-state index contributed by atoms with van der Waals surface area (Å²) in [5.41, 5.74) is 0.257. The van der Waals surface area contributed by atoms with E-state index in [0.29, 0.717) is 6.04 Å². The van der Waals surface area contributed by atoms with Crippen molar-refractivity contribution in [2.24, 2.45) is 13.0 Å². The van der Waals surface area contributed by atoms with Crippen molar-refractivity contribution in [1.82, 2.24) is 19.8 Å². The molecule has 1 unspecified atom stereocenters. The minimum atomic E-state index is 0.257. The van der Waals surface area contributed by atoms with Crippen LogP contribution in [0.15, 0.2) is 12.4 Å². The van der Waals surface area contributed by atoms with E-state index in [1.54, 1.807) is 0 Å². The second kappa shape index (κ2) is 6.27. The van der Waals surface area contributed by atoms with Gasteiger partial charge in [0.25, 0.3) is 0 Å². The zero-order valence-corrected chi connectivity index (χ0v) is 13.7. The molecular weight excluding hydrogens is 248 g/mol. The zero-order valence-electron chi connectivity index (χ0n) is 13.7. The predicted octanol–water partition coefficient (Wildman–Crippen LogP) is 2.06. The Bertz CT molecular complexity index is 416. The van der Waals surface area contributed by atoms with Crippen molar-refractivity contribution in [2.75, 3.05) is 21.1 Å². The van der Waals surface area contributed by atoms with E-state index < -0.39 is 0 Å². The first-order valence-corrected chi connectivity index (χ1v) is 7.80. The Balaban J connectivity index is 2.20. The Labute approximate surface area is 123 Å². The highest BCUT2D eigenvalue weighted by atomic mass is 15.2. The highest BCUT2D eigenvalue weighted by Gasteiger charge is 2.42. The van der Waals surface area contributed by atoms with Crippen LogP contribution >= 0.6 is 0 Å². The molecule has 1 saturated carbocycles. The van der Waals surface area contributed by atoms with Crippen molar-refractivity contribution < 1.29 is 0 Å². The van der Waals surface area contributed by atoms with Gasteiger partial charge in [-0.2, -0.15) is 0 Å². The third-order valence-electron chi connectivity index (χ3n) is 5.34. The molecule has 1 aliphatic carbocycles. The fourth-order valence-corrected chi connectivity index (χ4v) is 3.71. The summed E-state index contributed by atoms with van der Waals surface area (Å²) in [5, 5.41) is 3.58. The average Bonchev–Trinajstić information content (AvgIpc) is 2.82. The number of aryl methyl sites for hydroxylation is 1. The van der Waals surface area contributed by atoms with E-state index in [0.717, 1.165) is 12.3 Å². The summed E-state index contributed by atoms with van der Waals surface area (Å²) >= 11 is 0. The van der Waals surface area contributed by atoms with Crippen LogP contribution in [0.25, 0.3) is 0 Å². The summed E-state index contributed by atoms with van der Waals surface area (Å²) in [6.45, 7) is 2.38. The van der Waals surface area contributed by atoms with Gasteiger partial charge in [0.15, 0.2) is 0 Å². The minimum Gasteiger partial charge on any atom is -0.338 e. The number of likely N-dealkylation sites (N-methyl/N-ethyl adjacent to an activating group) is 2. The van der Waals surface area contributed by atoms with Crippen LogP contribution in [-0.4, -0.2) is 47.2 Å². The standard InChI is InChI=1S/C16H30N4/c1-13-6-8-16(9-7-13,19(3)4)14(17-2)12-15-18-10-11-20(15)5/h10-11,13-14,17H,6-9,12H2,1-5H3.